The largest absolute Gasteiger partial charge is 0.298 e. The van der Waals surface area contributed by atoms with E-state index in [1.54, 1.807) is 6.20 Å². The third-order valence-electron chi connectivity index (χ3n) is 0.893. The predicted molar refractivity (Wildman–Crippen MR) is 48.6 cm³/mol. The maximum atomic E-state index is 10.7. The van der Waals surface area contributed by atoms with E-state index >= 15 is 0 Å². The first-order chi connectivity index (χ1) is 5.22. The molecule has 1 heterocycles. The molecule has 0 spiro atoms. The molecule has 0 bridgehead atoms. The van der Waals surface area contributed by atoms with Gasteiger partial charge in [0.2, 0.25) is 5.91 Å². The van der Waals surface area contributed by atoms with Gasteiger partial charge in [-0.3, -0.25) is 10.1 Å². The fraction of sp³-hybridized carbons (Fsp3) is 0. The Morgan fingerprint density at radius 2 is 2.64 bits per heavy atom. The molecule has 0 saturated heterocycles. The van der Waals surface area contributed by atoms with Crippen molar-refractivity contribution in [2.24, 2.45) is 0 Å². The highest BCUT2D eigenvalue weighted by atomic mass is 79.9. The number of nitrogens with zero attached hydrogens (tertiary/aromatic N) is 1. The molecular weight excluding hydrogens is 228 g/mol. The molecule has 0 aliphatic carbocycles. The van der Waals surface area contributed by atoms with Crippen LogP contribution in [0.15, 0.2) is 22.6 Å². The second kappa shape index (κ2) is 3.64. The number of rotatable bonds is 2. The second-order valence-electron chi connectivity index (χ2n) is 1.66. The number of hydrogen-bond acceptors (Lipinski definition) is 3. The summed E-state index contributed by atoms with van der Waals surface area (Å²) in [7, 11) is 0. The topological polar surface area (TPSA) is 42.0 Å². The Kier molecular flexibility index (Phi) is 2.78. The Hall–Kier alpha value is -0.680. The molecule has 58 valence electrons. The van der Waals surface area contributed by atoms with Crippen LogP contribution in [0.3, 0.4) is 0 Å². The van der Waals surface area contributed by atoms with E-state index in [-0.39, 0.29) is 5.91 Å². The third-order valence-corrected chi connectivity index (χ3v) is 2.28. The number of carbonyl (C=O) groups is 1. The highest BCUT2D eigenvalue weighted by Gasteiger charge is 2.00. The van der Waals surface area contributed by atoms with Crippen molar-refractivity contribution in [2.45, 2.75) is 0 Å². The van der Waals surface area contributed by atoms with Gasteiger partial charge in [0.05, 0.1) is 9.98 Å². The normalized spacial score (nSPS) is 9.18. The van der Waals surface area contributed by atoms with Gasteiger partial charge in [-0.1, -0.05) is 17.9 Å². The molecule has 0 unspecified atom stereocenters. The minimum absolute atomic E-state index is 0.244. The first kappa shape index (κ1) is 8.42. The van der Waals surface area contributed by atoms with Gasteiger partial charge >= 0.3 is 0 Å². The molecule has 1 aromatic rings. The highest BCUT2D eigenvalue weighted by molar-refractivity contribution is 9.11. The minimum atomic E-state index is -0.244. The van der Waals surface area contributed by atoms with Gasteiger partial charge in [-0.25, -0.2) is 4.98 Å². The molecule has 0 fully saturated rings. The molecule has 0 radical (unpaired) electrons. The Balaban J connectivity index is 2.64. The van der Waals surface area contributed by atoms with E-state index in [0.717, 1.165) is 3.79 Å². The van der Waals surface area contributed by atoms with Crippen molar-refractivity contribution < 1.29 is 4.79 Å². The van der Waals surface area contributed by atoms with E-state index in [1.807, 2.05) is 0 Å². The van der Waals surface area contributed by atoms with Crippen molar-refractivity contribution in [1.82, 2.24) is 4.98 Å². The third kappa shape index (κ3) is 2.44. The van der Waals surface area contributed by atoms with Gasteiger partial charge < -0.3 is 0 Å². The smallest absolute Gasteiger partial charge is 0.249 e. The summed E-state index contributed by atoms with van der Waals surface area (Å²) in [6, 6.07) is 0. The zero-order valence-corrected chi connectivity index (χ0v) is 7.91. The summed E-state index contributed by atoms with van der Waals surface area (Å²) in [6.45, 7) is 3.32. The second-order valence-corrected chi connectivity index (χ2v) is 4.07. The van der Waals surface area contributed by atoms with Crippen LogP contribution in [-0.4, -0.2) is 10.9 Å². The summed E-state index contributed by atoms with van der Waals surface area (Å²) in [4.78, 5) is 14.6. The van der Waals surface area contributed by atoms with E-state index < -0.39 is 0 Å². The fourth-order valence-electron chi connectivity index (χ4n) is 0.469. The molecule has 1 aromatic heterocycles. The van der Waals surface area contributed by atoms with Crippen molar-refractivity contribution in [3.63, 3.8) is 0 Å². The first-order valence-corrected chi connectivity index (χ1v) is 4.38. The summed E-state index contributed by atoms with van der Waals surface area (Å²) in [5.41, 5.74) is 0. The highest BCUT2D eigenvalue weighted by Crippen LogP contribution is 2.22. The molecule has 1 amide bonds. The van der Waals surface area contributed by atoms with Crippen molar-refractivity contribution in [2.75, 3.05) is 5.32 Å². The monoisotopic (exact) mass is 232 g/mol. The number of aromatic nitrogens is 1. The number of thiazole rings is 1. The van der Waals surface area contributed by atoms with Crippen LogP contribution in [0.4, 0.5) is 5.13 Å². The Bertz CT molecular complexity index is 284. The van der Waals surface area contributed by atoms with Crippen molar-refractivity contribution in [3.05, 3.63) is 22.6 Å². The van der Waals surface area contributed by atoms with Gasteiger partial charge in [0.25, 0.3) is 0 Å². The zero-order valence-electron chi connectivity index (χ0n) is 5.50. The van der Waals surface area contributed by atoms with Crippen LogP contribution in [0.25, 0.3) is 0 Å². The number of amides is 1. The van der Waals surface area contributed by atoms with E-state index in [2.05, 4.69) is 32.8 Å². The molecule has 11 heavy (non-hydrogen) atoms. The van der Waals surface area contributed by atoms with Crippen LogP contribution in [-0.2, 0) is 4.79 Å². The quantitative estimate of drug-likeness (QED) is 0.794. The number of halogens is 1. The van der Waals surface area contributed by atoms with Crippen LogP contribution in [0.2, 0.25) is 0 Å². The lowest BCUT2D eigenvalue weighted by atomic mass is 10.6. The average Bonchev–Trinajstić information content (AvgIpc) is 2.35. The standard InChI is InChI=1S/C6H5BrN2OS/c1-2-5(10)9-6-8-3-4(7)11-6/h2-3H,1H2,(H,8,9,10). The molecule has 1 N–H and O–H groups in total. The first-order valence-electron chi connectivity index (χ1n) is 2.77. The van der Waals surface area contributed by atoms with Crippen molar-refractivity contribution >= 4 is 38.3 Å². The Morgan fingerprint density at radius 3 is 3.09 bits per heavy atom. The summed E-state index contributed by atoms with van der Waals surface area (Å²) < 4.78 is 0.886. The van der Waals surface area contributed by atoms with Gasteiger partial charge in [-0.05, 0) is 22.0 Å². The maximum Gasteiger partial charge on any atom is 0.249 e. The van der Waals surface area contributed by atoms with Crippen LogP contribution in [0, 0.1) is 0 Å². The molecular formula is C6H5BrN2OS. The van der Waals surface area contributed by atoms with E-state index in [0.29, 0.717) is 5.13 Å². The van der Waals surface area contributed by atoms with E-state index in [1.165, 1.54) is 17.4 Å². The molecule has 0 aromatic carbocycles. The number of nitrogens with one attached hydrogen (secondary N) is 1. The van der Waals surface area contributed by atoms with Crippen LogP contribution < -0.4 is 5.32 Å². The summed E-state index contributed by atoms with van der Waals surface area (Å²) in [6.07, 6.45) is 2.83. The van der Waals surface area contributed by atoms with E-state index in [9.17, 15) is 4.79 Å². The number of hydrogen-bond donors (Lipinski definition) is 1. The summed E-state index contributed by atoms with van der Waals surface area (Å²) in [5, 5.41) is 3.10. The molecule has 0 atom stereocenters. The van der Waals surface area contributed by atoms with Crippen LogP contribution >= 0.6 is 27.3 Å². The van der Waals surface area contributed by atoms with Crippen molar-refractivity contribution in [1.29, 1.82) is 0 Å². The zero-order chi connectivity index (χ0) is 8.27. The molecule has 3 nitrogen and oxygen atoms in total. The fourth-order valence-corrected chi connectivity index (χ4v) is 1.58. The lowest BCUT2D eigenvalue weighted by molar-refractivity contribution is -0.111. The lowest BCUT2D eigenvalue weighted by Gasteiger charge is -1.92. The molecule has 0 aliphatic rings. The maximum absolute atomic E-state index is 10.7. The van der Waals surface area contributed by atoms with E-state index in [4.69, 9.17) is 0 Å². The van der Waals surface area contributed by atoms with Gasteiger partial charge in [0.1, 0.15) is 0 Å². The predicted octanol–water partition coefficient (Wildman–Crippen LogP) is 2.03. The molecule has 1 rings (SSSR count). The van der Waals surface area contributed by atoms with Gasteiger partial charge in [0.15, 0.2) is 5.13 Å². The average molecular weight is 233 g/mol. The summed E-state index contributed by atoms with van der Waals surface area (Å²) in [5.74, 6) is -0.244. The van der Waals surface area contributed by atoms with Gasteiger partial charge in [0, 0.05) is 0 Å². The molecule has 0 saturated carbocycles. The molecule has 5 heteroatoms. The Morgan fingerprint density at radius 1 is 1.91 bits per heavy atom. The van der Waals surface area contributed by atoms with Gasteiger partial charge in [-0.15, -0.1) is 0 Å². The lowest BCUT2D eigenvalue weighted by Crippen LogP contribution is -2.06. The number of anilines is 1. The summed E-state index contributed by atoms with van der Waals surface area (Å²) >= 11 is 4.58. The SMILES string of the molecule is C=CC(=O)Nc1ncc(Br)s1. The molecule has 0 aliphatic heterocycles. The van der Waals surface area contributed by atoms with Crippen molar-refractivity contribution in [3.8, 4) is 0 Å². The minimum Gasteiger partial charge on any atom is -0.298 e. The van der Waals surface area contributed by atoms with Gasteiger partial charge in [-0.2, -0.15) is 0 Å². The number of carbonyl (C=O) groups excluding carboxylic acids is 1. The van der Waals surface area contributed by atoms with Crippen LogP contribution in [0.5, 0.6) is 0 Å². The Labute approximate surface area is 76.3 Å². The van der Waals surface area contributed by atoms with Crippen LogP contribution in [0.1, 0.15) is 0 Å².